The molecule has 1 aliphatic rings. The van der Waals surface area contributed by atoms with Crippen molar-refractivity contribution in [3.05, 3.63) is 65.2 Å². The number of piperidine rings is 1. The van der Waals surface area contributed by atoms with Gasteiger partial charge in [0.2, 0.25) is 0 Å². The molecule has 0 aliphatic carbocycles. The van der Waals surface area contributed by atoms with Crippen LogP contribution in [0.2, 0.25) is 0 Å². The summed E-state index contributed by atoms with van der Waals surface area (Å²) in [6.45, 7) is 6.97. The van der Waals surface area contributed by atoms with Crippen molar-refractivity contribution in [1.82, 2.24) is 0 Å². The average Bonchev–Trinajstić information content (AvgIpc) is 2.66. The lowest BCUT2D eigenvalue weighted by atomic mass is 9.90. The Morgan fingerprint density at radius 1 is 1.08 bits per heavy atom. The fourth-order valence-electron chi connectivity index (χ4n) is 4.03. The number of aryl methyl sites for hydroxylation is 2. The normalized spacial score (nSPS) is 19.9. The molecule has 2 aromatic rings. The van der Waals surface area contributed by atoms with Crippen molar-refractivity contribution < 1.29 is 9.69 Å². The highest BCUT2D eigenvalue weighted by molar-refractivity contribution is 5.93. The van der Waals surface area contributed by atoms with Crippen LogP contribution >= 0.6 is 0 Å². The molecule has 2 N–H and O–H groups in total. The third kappa shape index (κ3) is 4.95. The molecule has 1 heterocycles. The van der Waals surface area contributed by atoms with Crippen LogP contribution in [0, 0.1) is 12.8 Å². The van der Waals surface area contributed by atoms with Gasteiger partial charge in [-0.25, -0.2) is 0 Å². The fourth-order valence-corrected chi connectivity index (χ4v) is 4.03. The number of carbonyl (C=O) groups excluding carboxylic acids is 1. The molecule has 3 nitrogen and oxygen atoms in total. The predicted octanol–water partition coefficient (Wildman–Crippen LogP) is 3.03. The minimum atomic E-state index is 0.144. The van der Waals surface area contributed by atoms with Gasteiger partial charge in [0, 0.05) is 5.69 Å². The van der Waals surface area contributed by atoms with E-state index in [4.69, 9.17) is 0 Å². The topological polar surface area (TPSA) is 33.5 Å². The molecule has 0 radical (unpaired) electrons. The number of hydrogen-bond donors (Lipinski definition) is 2. The number of para-hydroxylation sites is 1. The molecule has 2 aromatic carbocycles. The van der Waals surface area contributed by atoms with Crippen LogP contribution in [0.15, 0.2) is 48.5 Å². The van der Waals surface area contributed by atoms with Gasteiger partial charge in [0.05, 0.1) is 13.1 Å². The Balaban J connectivity index is 1.48. The van der Waals surface area contributed by atoms with Crippen LogP contribution in [-0.2, 0) is 17.6 Å². The molecule has 1 amide bonds. The zero-order valence-corrected chi connectivity index (χ0v) is 16.1. The van der Waals surface area contributed by atoms with E-state index in [-0.39, 0.29) is 5.91 Å². The van der Waals surface area contributed by atoms with E-state index in [9.17, 15) is 4.79 Å². The van der Waals surface area contributed by atoms with Gasteiger partial charge in [-0.2, -0.15) is 0 Å². The van der Waals surface area contributed by atoms with Crippen LogP contribution in [0.5, 0.6) is 0 Å². The van der Waals surface area contributed by atoms with Crippen molar-refractivity contribution >= 4 is 11.6 Å². The first-order valence-electron chi connectivity index (χ1n) is 9.91. The molecule has 1 saturated heterocycles. The van der Waals surface area contributed by atoms with Gasteiger partial charge in [0.15, 0.2) is 6.54 Å². The average molecular weight is 352 g/mol. The quantitative estimate of drug-likeness (QED) is 0.824. The second kappa shape index (κ2) is 9.00. The number of likely N-dealkylation sites (tertiary alicyclic amines) is 1. The Morgan fingerprint density at radius 3 is 2.50 bits per heavy atom. The monoisotopic (exact) mass is 351 g/mol. The zero-order valence-electron chi connectivity index (χ0n) is 16.1. The maximum Gasteiger partial charge on any atom is 0.279 e. The minimum absolute atomic E-state index is 0.144. The van der Waals surface area contributed by atoms with Gasteiger partial charge >= 0.3 is 0 Å². The van der Waals surface area contributed by atoms with E-state index in [2.05, 4.69) is 67.7 Å². The van der Waals surface area contributed by atoms with Gasteiger partial charge in [-0.15, -0.1) is 0 Å². The molecule has 1 fully saturated rings. The summed E-state index contributed by atoms with van der Waals surface area (Å²) in [5.74, 6) is 0.901. The number of nitrogens with one attached hydrogen (secondary N) is 2. The summed E-state index contributed by atoms with van der Waals surface area (Å²) < 4.78 is 0. The minimum Gasteiger partial charge on any atom is -0.327 e. The summed E-state index contributed by atoms with van der Waals surface area (Å²) in [5.41, 5.74) is 4.81. The number of hydrogen-bond acceptors (Lipinski definition) is 1. The van der Waals surface area contributed by atoms with Crippen LogP contribution in [0.3, 0.4) is 0 Å². The fraction of sp³-hybridized carbons (Fsp3) is 0.435. The number of quaternary nitrogens is 1. The lowest BCUT2D eigenvalue weighted by molar-refractivity contribution is -0.898. The second-order valence-corrected chi connectivity index (χ2v) is 7.57. The van der Waals surface area contributed by atoms with E-state index >= 15 is 0 Å². The Kier molecular flexibility index (Phi) is 6.45. The van der Waals surface area contributed by atoms with E-state index in [1.807, 2.05) is 0 Å². The largest absolute Gasteiger partial charge is 0.327 e. The predicted molar refractivity (Wildman–Crippen MR) is 108 cm³/mol. The van der Waals surface area contributed by atoms with E-state index in [0.717, 1.165) is 36.7 Å². The molecule has 0 bridgehead atoms. The molecule has 0 spiro atoms. The van der Waals surface area contributed by atoms with Gasteiger partial charge in [0.1, 0.15) is 0 Å². The number of benzene rings is 2. The Hall–Kier alpha value is -2.13. The molecule has 0 atom stereocenters. The molecular formula is C23H31N2O+. The number of carbonyl (C=O) groups is 1. The Bertz CT molecular complexity index is 718. The van der Waals surface area contributed by atoms with Gasteiger partial charge in [-0.1, -0.05) is 55.5 Å². The number of amides is 1. The SMILES string of the molecule is CCc1cccc(C)c1NC(=O)C[NH+]1CCC(Cc2ccccc2)CC1. The highest BCUT2D eigenvalue weighted by Crippen LogP contribution is 2.21. The summed E-state index contributed by atoms with van der Waals surface area (Å²) in [6, 6.07) is 17.0. The van der Waals surface area contributed by atoms with Gasteiger partial charge in [0.25, 0.3) is 5.91 Å². The first-order chi connectivity index (χ1) is 12.7. The third-order valence-corrected chi connectivity index (χ3v) is 5.59. The van der Waals surface area contributed by atoms with E-state index in [1.165, 1.54) is 35.3 Å². The third-order valence-electron chi connectivity index (χ3n) is 5.59. The molecule has 0 aromatic heterocycles. The van der Waals surface area contributed by atoms with Gasteiger partial charge < -0.3 is 10.2 Å². The molecular weight excluding hydrogens is 320 g/mol. The molecule has 26 heavy (non-hydrogen) atoms. The maximum absolute atomic E-state index is 12.5. The van der Waals surface area contributed by atoms with Crippen LogP contribution in [0.4, 0.5) is 5.69 Å². The van der Waals surface area contributed by atoms with Gasteiger partial charge in [-0.3, -0.25) is 4.79 Å². The Morgan fingerprint density at radius 2 is 1.81 bits per heavy atom. The molecule has 0 saturated carbocycles. The van der Waals surface area contributed by atoms with Gasteiger partial charge in [-0.05, 0) is 55.2 Å². The summed E-state index contributed by atoms with van der Waals surface area (Å²) >= 11 is 0. The smallest absolute Gasteiger partial charge is 0.279 e. The standard InChI is InChI=1S/C23H30N2O/c1-3-21-11-7-8-18(2)23(21)24-22(26)17-25-14-12-20(13-15-25)16-19-9-5-4-6-10-19/h4-11,20H,3,12-17H2,1-2H3,(H,24,26)/p+1. The first-order valence-corrected chi connectivity index (χ1v) is 9.91. The molecule has 3 heteroatoms. The first kappa shape index (κ1) is 18.7. The second-order valence-electron chi connectivity index (χ2n) is 7.57. The lowest BCUT2D eigenvalue weighted by Gasteiger charge is -2.29. The van der Waals surface area contributed by atoms with Crippen LogP contribution < -0.4 is 10.2 Å². The number of anilines is 1. The highest BCUT2D eigenvalue weighted by atomic mass is 16.2. The maximum atomic E-state index is 12.5. The number of rotatable bonds is 6. The van der Waals surface area contributed by atoms with Crippen LogP contribution in [0.1, 0.15) is 36.5 Å². The van der Waals surface area contributed by atoms with E-state index in [0.29, 0.717) is 6.54 Å². The summed E-state index contributed by atoms with van der Waals surface area (Å²) in [6.07, 6.45) is 4.53. The molecule has 3 rings (SSSR count). The van der Waals surface area contributed by atoms with Crippen molar-refractivity contribution in [2.24, 2.45) is 5.92 Å². The zero-order chi connectivity index (χ0) is 18.4. The van der Waals surface area contributed by atoms with Crippen molar-refractivity contribution in [3.63, 3.8) is 0 Å². The molecule has 0 unspecified atom stereocenters. The summed E-state index contributed by atoms with van der Waals surface area (Å²) in [5, 5.41) is 3.17. The summed E-state index contributed by atoms with van der Waals surface area (Å²) in [7, 11) is 0. The summed E-state index contributed by atoms with van der Waals surface area (Å²) in [4.78, 5) is 14.0. The lowest BCUT2D eigenvalue weighted by Crippen LogP contribution is -3.14. The van der Waals surface area contributed by atoms with Crippen molar-refractivity contribution in [3.8, 4) is 0 Å². The Labute approximate surface area is 157 Å². The van der Waals surface area contributed by atoms with Crippen LogP contribution in [0.25, 0.3) is 0 Å². The van der Waals surface area contributed by atoms with Crippen LogP contribution in [-0.4, -0.2) is 25.5 Å². The van der Waals surface area contributed by atoms with E-state index < -0.39 is 0 Å². The molecule has 1 aliphatic heterocycles. The highest BCUT2D eigenvalue weighted by Gasteiger charge is 2.24. The van der Waals surface area contributed by atoms with Crippen molar-refractivity contribution in [1.29, 1.82) is 0 Å². The molecule has 138 valence electrons. The van der Waals surface area contributed by atoms with E-state index in [1.54, 1.807) is 0 Å². The van der Waals surface area contributed by atoms with Crippen molar-refractivity contribution in [2.75, 3.05) is 25.0 Å². The van der Waals surface area contributed by atoms with Crippen molar-refractivity contribution in [2.45, 2.75) is 39.5 Å².